The molecule has 6 heteroatoms. The lowest BCUT2D eigenvalue weighted by Crippen LogP contribution is -2.52. The summed E-state index contributed by atoms with van der Waals surface area (Å²) in [6.45, 7) is 0. The van der Waals surface area contributed by atoms with Crippen LogP contribution in [0.3, 0.4) is 0 Å². The molecular formula is C11H16N4O2. The third-order valence-electron chi connectivity index (χ3n) is 3.03. The second-order valence-corrected chi connectivity index (χ2v) is 4.50. The van der Waals surface area contributed by atoms with Crippen LogP contribution >= 0.6 is 0 Å². The third kappa shape index (κ3) is 2.15. The van der Waals surface area contributed by atoms with Crippen LogP contribution in [0.4, 0.5) is 11.8 Å². The quantitative estimate of drug-likeness (QED) is 0.810. The van der Waals surface area contributed by atoms with Gasteiger partial charge >= 0.3 is 5.97 Å². The topological polar surface area (TPSA) is 78.4 Å². The Morgan fingerprint density at radius 1 is 1.53 bits per heavy atom. The molecule has 0 radical (unpaired) electrons. The molecule has 1 aliphatic carbocycles. The number of nitrogens with zero attached hydrogens (tertiary/aromatic N) is 3. The molecule has 1 fully saturated rings. The normalized spacial score (nSPS) is 17.1. The first kappa shape index (κ1) is 11.6. The SMILES string of the molecule is CN(C)c1nccc(NC2(C(=O)O)CCC2)n1. The van der Waals surface area contributed by atoms with Crippen molar-refractivity contribution in [2.24, 2.45) is 0 Å². The summed E-state index contributed by atoms with van der Waals surface area (Å²) in [6.07, 6.45) is 3.84. The zero-order chi connectivity index (χ0) is 12.5. The molecule has 0 bridgehead atoms. The summed E-state index contributed by atoms with van der Waals surface area (Å²) in [4.78, 5) is 21.3. The summed E-state index contributed by atoms with van der Waals surface area (Å²) in [6, 6.07) is 1.69. The second-order valence-electron chi connectivity index (χ2n) is 4.50. The van der Waals surface area contributed by atoms with Gasteiger partial charge in [0.15, 0.2) is 0 Å². The summed E-state index contributed by atoms with van der Waals surface area (Å²) in [5.74, 6) is 0.314. The molecule has 17 heavy (non-hydrogen) atoms. The Bertz CT molecular complexity index is 429. The van der Waals surface area contributed by atoms with Crippen LogP contribution in [-0.2, 0) is 4.79 Å². The highest BCUT2D eigenvalue weighted by Gasteiger charge is 2.44. The second kappa shape index (κ2) is 4.20. The van der Waals surface area contributed by atoms with Gasteiger partial charge in [-0.15, -0.1) is 0 Å². The molecule has 92 valence electrons. The van der Waals surface area contributed by atoms with Crippen molar-refractivity contribution in [2.45, 2.75) is 24.8 Å². The molecule has 1 heterocycles. The predicted octanol–water partition coefficient (Wildman–Crippen LogP) is 0.962. The Labute approximate surface area is 99.7 Å². The van der Waals surface area contributed by atoms with Gasteiger partial charge in [0.25, 0.3) is 0 Å². The van der Waals surface area contributed by atoms with E-state index in [0.29, 0.717) is 24.6 Å². The standard InChI is InChI=1S/C11H16N4O2/c1-15(2)10-12-7-4-8(13-10)14-11(9(16)17)5-3-6-11/h4,7H,3,5-6H2,1-2H3,(H,16,17)(H,12,13,14). The van der Waals surface area contributed by atoms with Gasteiger partial charge in [-0.3, -0.25) is 0 Å². The zero-order valence-corrected chi connectivity index (χ0v) is 9.97. The lowest BCUT2D eigenvalue weighted by molar-refractivity contribution is -0.145. The van der Waals surface area contributed by atoms with Crippen LogP contribution in [0.1, 0.15) is 19.3 Å². The minimum Gasteiger partial charge on any atom is -0.480 e. The molecule has 0 saturated heterocycles. The Kier molecular flexibility index (Phi) is 2.87. The third-order valence-corrected chi connectivity index (χ3v) is 3.03. The number of hydrogen-bond donors (Lipinski definition) is 2. The monoisotopic (exact) mass is 236 g/mol. The van der Waals surface area contributed by atoms with E-state index in [1.165, 1.54) is 0 Å². The maximum absolute atomic E-state index is 11.2. The number of aliphatic carboxylic acids is 1. The van der Waals surface area contributed by atoms with Gasteiger partial charge in [0.05, 0.1) is 0 Å². The van der Waals surface area contributed by atoms with Crippen molar-refractivity contribution in [1.29, 1.82) is 0 Å². The molecule has 0 atom stereocenters. The van der Waals surface area contributed by atoms with Crippen molar-refractivity contribution < 1.29 is 9.90 Å². The Morgan fingerprint density at radius 2 is 2.24 bits per heavy atom. The van der Waals surface area contributed by atoms with Gasteiger partial charge in [0.1, 0.15) is 11.4 Å². The molecule has 1 aromatic heterocycles. The van der Waals surface area contributed by atoms with E-state index in [2.05, 4.69) is 15.3 Å². The number of carboxylic acid groups (broad SMARTS) is 1. The van der Waals surface area contributed by atoms with Crippen LogP contribution in [-0.4, -0.2) is 40.7 Å². The Hall–Kier alpha value is -1.85. The number of nitrogens with one attached hydrogen (secondary N) is 1. The van der Waals surface area contributed by atoms with Crippen LogP contribution in [0.5, 0.6) is 0 Å². The van der Waals surface area contributed by atoms with E-state index in [1.54, 1.807) is 17.2 Å². The van der Waals surface area contributed by atoms with Gasteiger partial charge in [-0.1, -0.05) is 0 Å². The van der Waals surface area contributed by atoms with E-state index >= 15 is 0 Å². The minimum absolute atomic E-state index is 0.561. The summed E-state index contributed by atoms with van der Waals surface area (Å²) in [5.41, 5.74) is -0.835. The van der Waals surface area contributed by atoms with Gasteiger partial charge in [0.2, 0.25) is 5.95 Å². The molecule has 2 rings (SSSR count). The number of aromatic nitrogens is 2. The van der Waals surface area contributed by atoms with Gasteiger partial charge in [-0.05, 0) is 25.3 Å². The van der Waals surface area contributed by atoms with Crippen LogP contribution in [0.25, 0.3) is 0 Å². The maximum atomic E-state index is 11.2. The fourth-order valence-corrected chi connectivity index (χ4v) is 1.80. The molecule has 0 spiro atoms. The highest BCUT2D eigenvalue weighted by atomic mass is 16.4. The van der Waals surface area contributed by atoms with E-state index in [4.69, 9.17) is 0 Å². The molecule has 6 nitrogen and oxygen atoms in total. The van der Waals surface area contributed by atoms with Gasteiger partial charge in [-0.25, -0.2) is 9.78 Å². The minimum atomic E-state index is -0.835. The lowest BCUT2D eigenvalue weighted by atomic mass is 9.77. The van der Waals surface area contributed by atoms with Crippen LogP contribution in [0.2, 0.25) is 0 Å². The molecule has 0 aromatic carbocycles. The fourth-order valence-electron chi connectivity index (χ4n) is 1.80. The summed E-state index contributed by atoms with van der Waals surface area (Å²) in [7, 11) is 3.69. The number of hydrogen-bond acceptors (Lipinski definition) is 5. The smallest absolute Gasteiger partial charge is 0.329 e. The fraction of sp³-hybridized carbons (Fsp3) is 0.545. The number of anilines is 2. The van der Waals surface area contributed by atoms with Crippen molar-refractivity contribution in [2.75, 3.05) is 24.3 Å². The number of rotatable bonds is 4. The van der Waals surface area contributed by atoms with Crippen molar-refractivity contribution in [3.8, 4) is 0 Å². The molecule has 0 amide bonds. The maximum Gasteiger partial charge on any atom is 0.329 e. The van der Waals surface area contributed by atoms with Gasteiger partial charge in [-0.2, -0.15) is 4.98 Å². The molecule has 1 aromatic rings. The van der Waals surface area contributed by atoms with Gasteiger partial charge in [0, 0.05) is 20.3 Å². The zero-order valence-electron chi connectivity index (χ0n) is 9.97. The molecular weight excluding hydrogens is 220 g/mol. The van der Waals surface area contributed by atoms with E-state index < -0.39 is 11.5 Å². The van der Waals surface area contributed by atoms with Crippen molar-refractivity contribution in [3.63, 3.8) is 0 Å². The predicted molar refractivity (Wildman–Crippen MR) is 64.2 cm³/mol. The molecule has 0 unspecified atom stereocenters. The van der Waals surface area contributed by atoms with E-state index in [0.717, 1.165) is 6.42 Å². The summed E-state index contributed by atoms with van der Waals surface area (Å²) < 4.78 is 0. The first-order valence-electron chi connectivity index (χ1n) is 5.55. The average molecular weight is 236 g/mol. The van der Waals surface area contributed by atoms with Gasteiger partial charge < -0.3 is 15.3 Å². The van der Waals surface area contributed by atoms with Crippen molar-refractivity contribution >= 4 is 17.7 Å². The molecule has 1 saturated carbocycles. The first-order valence-corrected chi connectivity index (χ1v) is 5.55. The Balaban J connectivity index is 2.18. The first-order chi connectivity index (χ1) is 8.03. The van der Waals surface area contributed by atoms with Crippen molar-refractivity contribution in [1.82, 2.24) is 9.97 Å². The van der Waals surface area contributed by atoms with Crippen molar-refractivity contribution in [3.05, 3.63) is 12.3 Å². The van der Waals surface area contributed by atoms with E-state index in [-0.39, 0.29) is 0 Å². The van der Waals surface area contributed by atoms with E-state index in [9.17, 15) is 9.90 Å². The highest BCUT2D eigenvalue weighted by molar-refractivity contribution is 5.83. The average Bonchev–Trinajstić information content (AvgIpc) is 2.23. The van der Waals surface area contributed by atoms with Crippen LogP contribution in [0.15, 0.2) is 12.3 Å². The number of carboxylic acids is 1. The lowest BCUT2D eigenvalue weighted by Gasteiger charge is -2.38. The van der Waals surface area contributed by atoms with E-state index in [1.807, 2.05) is 14.1 Å². The molecule has 0 aliphatic heterocycles. The molecule has 2 N–H and O–H groups in total. The van der Waals surface area contributed by atoms with Crippen LogP contribution < -0.4 is 10.2 Å². The van der Waals surface area contributed by atoms with Crippen LogP contribution in [0, 0.1) is 0 Å². The largest absolute Gasteiger partial charge is 0.480 e. The highest BCUT2D eigenvalue weighted by Crippen LogP contribution is 2.35. The number of carbonyl (C=O) groups is 1. The Morgan fingerprint density at radius 3 is 2.71 bits per heavy atom. The summed E-state index contributed by atoms with van der Waals surface area (Å²) in [5, 5.41) is 12.2. The summed E-state index contributed by atoms with van der Waals surface area (Å²) >= 11 is 0. The molecule has 1 aliphatic rings.